The lowest BCUT2D eigenvalue weighted by atomic mass is 9.79. The highest BCUT2D eigenvalue weighted by molar-refractivity contribution is 6.13. The smallest absolute Gasteiger partial charge is 0.0549 e. The Morgan fingerprint density at radius 2 is 0.909 bits per heavy atom. The van der Waals surface area contributed by atoms with Gasteiger partial charge in [-0.15, -0.1) is 0 Å². The van der Waals surface area contributed by atoms with Crippen LogP contribution in [0.4, 0.5) is 17.1 Å². The molecule has 7 aromatic rings. The second-order valence-electron chi connectivity index (χ2n) is 17.1. The molecule has 0 amide bonds. The van der Waals surface area contributed by atoms with Crippen molar-refractivity contribution in [1.29, 1.82) is 0 Å². The summed E-state index contributed by atoms with van der Waals surface area (Å²) >= 11 is 0. The van der Waals surface area contributed by atoms with Crippen LogP contribution in [0.3, 0.4) is 0 Å². The minimum absolute atomic E-state index is 0.569. The van der Waals surface area contributed by atoms with Crippen molar-refractivity contribution in [1.82, 2.24) is 0 Å². The van der Waals surface area contributed by atoms with Crippen LogP contribution >= 0.6 is 0 Å². The van der Waals surface area contributed by atoms with Gasteiger partial charge in [0.05, 0.1) is 11.4 Å². The minimum Gasteiger partial charge on any atom is -0.309 e. The third kappa shape index (κ3) is 6.54. The fourth-order valence-electron chi connectivity index (χ4n) is 11.1. The maximum Gasteiger partial charge on any atom is 0.0549 e. The number of anilines is 3. The summed E-state index contributed by atoms with van der Waals surface area (Å²) in [6, 6.07) is 52.1. The molecule has 0 saturated heterocycles. The monoisotopic (exact) mass is 717 g/mol. The lowest BCUT2D eigenvalue weighted by Crippen LogP contribution is -2.15. The number of hydrogen-bond acceptors (Lipinski definition) is 1. The minimum atomic E-state index is 0.569. The zero-order valence-corrected chi connectivity index (χ0v) is 32.5. The highest BCUT2D eigenvalue weighted by Gasteiger charge is 2.28. The molecule has 0 unspecified atom stereocenters. The number of fused-ring (bicyclic) bond motifs is 3. The van der Waals surface area contributed by atoms with Gasteiger partial charge in [-0.25, -0.2) is 0 Å². The van der Waals surface area contributed by atoms with E-state index in [1.165, 1.54) is 168 Å². The topological polar surface area (TPSA) is 3.24 Å². The van der Waals surface area contributed by atoms with Crippen LogP contribution < -0.4 is 4.90 Å². The predicted molar refractivity (Wildman–Crippen MR) is 237 cm³/mol. The van der Waals surface area contributed by atoms with Gasteiger partial charge in [-0.2, -0.15) is 0 Å². The Balaban J connectivity index is 1.30. The molecular weight excluding hydrogens is 663 g/mol. The maximum atomic E-state index is 2.70. The maximum absolute atomic E-state index is 2.70. The van der Waals surface area contributed by atoms with Crippen molar-refractivity contribution < 1.29 is 0 Å². The van der Waals surface area contributed by atoms with Crippen molar-refractivity contribution in [3.63, 3.8) is 0 Å². The number of hydrogen-bond donors (Lipinski definition) is 0. The van der Waals surface area contributed by atoms with Gasteiger partial charge in [0, 0.05) is 16.6 Å². The zero-order chi connectivity index (χ0) is 36.6. The molecule has 0 aliphatic heterocycles. The van der Waals surface area contributed by atoms with Crippen LogP contribution in [-0.2, 0) is 0 Å². The molecule has 0 N–H and O–H groups in total. The summed E-state index contributed by atoms with van der Waals surface area (Å²) in [5, 5.41) is 8.20. The third-order valence-corrected chi connectivity index (χ3v) is 13.8. The first-order valence-corrected chi connectivity index (χ1v) is 21.8. The average molecular weight is 718 g/mol. The Hall–Kier alpha value is -4.88. The van der Waals surface area contributed by atoms with E-state index in [1.54, 1.807) is 5.56 Å². The van der Waals surface area contributed by atoms with Crippen molar-refractivity contribution in [2.75, 3.05) is 4.90 Å². The molecular formula is C54H55N. The Labute approximate surface area is 328 Å². The summed E-state index contributed by atoms with van der Waals surface area (Å²) < 4.78 is 0. The fourth-order valence-corrected chi connectivity index (χ4v) is 11.1. The van der Waals surface area contributed by atoms with Gasteiger partial charge in [-0.05, 0) is 130 Å². The normalized spacial score (nSPS) is 17.6. The van der Waals surface area contributed by atoms with Crippen LogP contribution in [-0.4, -0.2) is 0 Å². The molecule has 0 bridgehead atoms. The molecule has 0 spiro atoms. The Morgan fingerprint density at radius 3 is 1.62 bits per heavy atom. The Kier molecular flexibility index (Phi) is 9.65. The summed E-state index contributed by atoms with van der Waals surface area (Å²) in [6.07, 6.45) is 19.8. The van der Waals surface area contributed by atoms with Crippen molar-refractivity contribution >= 4 is 49.4 Å². The number of benzene rings is 7. The summed E-state index contributed by atoms with van der Waals surface area (Å²) in [5.41, 5.74) is 11.1. The van der Waals surface area contributed by atoms with Crippen LogP contribution in [0.1, 0.15) is 131 Å². The van der Waals surface area contributed by atoms with Crippen LogP contribution in [0.15, 0.2) is 133 Å². The molecule has 10 rings (SSSR count). The second-order valence-corrected chi connectivity index (χ2v) is 17.1. The number of rotatable bonds is 7. The van der Waals surface area contributed by atoms with Crippen molar-refractivity contribution in [2.45, 2.75) is 114 Å². The van der Waals surface area contributed by atoms with Crippen LogP contribution in [0.5, 0.6) is 0 Å². The van der Waals surface area contributed by atoms with E-state index in [2.05, 4.69) is 138 Å². The molecule has 0 atom stereocenters. The zero-order valence-electron chi connectivity index (χ0n) is 32.5. The molecule has 0 heterocycles. The first-order valence-electron chi connectivity index (χ1n) is 21.8. The number of nitrogens with zero attached hydrogens (tertiary/aromatic N) is 1. The van der Waals surface area contributed by atoms with Gasteiger partial charge in [0.2, 0.25) is 0 Å². The van der Waals surface area contributed by atoms with E-state index in [0.717, 1.165) is 0 Å². The first-order chi connectivity index (χ1) is 27.3. The summed E-state index contributed by atoms with van der Waals surface area (Å²) in [5.74, 6) is 1.84. The van der Waals surface area contributed by atoms with E-state index in [-0.39, 0.29) is 0 Å². The van der Waals surface area contributed by atoms with Gasteiger partial charge in [-0.1, -0.05) is 167 Å². The lowest BCUT2D eigenvalue weighted by Gasteiger charge is -2.34. The highest BCUT2D eigenvalue weighted by atomic mass is 15.1. The first kappa shape index (κ1) is 34.6. The molecule has 1 heteroatoms. The van der Waals surface area contributed by atoms with Gasteiger partial charge in [0.1, 0.15) is 0 Å². The summed E-state index contributed by atoms with van der Waals surface area (Å²) in [6.45, 7) is 0. The van der Waals surface area contributed by atoms with Gasteiger partial charge in [0.25, 0.3) is 0 Å². The molecule has 3 aliphatic rings. The van der Waals surface area contributed by atoms with E-state index < -0.39 is 0 Å². The lowest BCUT2D eigenvalue weighted by molar-refractivity contribution is 0.443. The molecule has 3 saturated carbocycles. The van der Waals surface area contributed by atoms with Crippen LogP contribution in [0.25, 0.3) is 43.4 Å². The Bertz CT molecular complexity index is 2450. The van der Waals surface area contributed by atoms with Gasteiger partial charge >= 0.3 is 0 Å². The van der Waals surface area contributed by atoms with E-state index in [1.807, 2.05) is 0 Å². The Morgan fingerprint density at radius 1 is 0.364 bits per heavy atom. The van der Waals surface area contributed by atoms with E-state index in [4.69, 9.17) is 0 Å². The van der Waals surface area contributed by atoms with E-state index in [0.29, 0.717) is 17.8 Å². The molecule has 1 nitrogen and oxygen atoms in total. The molecule has 0 aromatic heterocycles. The van der Waals surface area contributed by atoms with Crippen molar-refractivity contribution in [2.24, 2.45) is 0 Å². The van der Waals surface area contributed by atoms with Gasteiger partial charge < -0.3 is 4.90 Å². The average Bonchev–Trinajstić information content (AvgIpc) is 3.27. The largest absolute Gasteiger partial charge is 0.309 e. The fraction of sp³-hybridized carbons (Fsp3) is 0.333. The van der Waals surface area contributed by atoms with Crippen molar-refractivity contribution in [3.05, 3.63) is 150 Å². The highest BCUT2D eigenvalue weighted by Crippen LogP contribution is 2.52. The van der Waals surface area contributed by atoms with Crippen LogP contribution in [0, 0.1) is 0 Å². The van der Waals surface area contributed by atoms with Crippen molar-refractivity contribution in [3.8, 4) is 11.1 Å². The van der Waals surface area contributed by atoms with Crippen LogP contribution in [0.2, 0.25) is 0 Å². The predicted octanol–water partition coefficient (Wildman–Crippen LogP) is 16.4. The molecule has 3 fully saturated rings. The van der Waals surface area contributed by atoms with Gasteiger partial charge in [0.15, 0.2) is 0 Å². The van der Waals surface area contributed by atoms with E-state index in [9.17, 15) is 0 Å². The molecule has 55 heavy (non-hydrogen) atoms. The molecule has 0 radical (unpaired) electrons. The standard InChI is InChI=1S/C54H55N/c1-4-18-38(19-5-1)42-26-16-27-43(36-42)55(52-35-34-45(39-20-6-2-7-21-39)46-29-12-14-31-48(46)52)53-37-51(41-22-8-3-9-23-41)47-30-13-15-32-50(47)54(53)49-33-17-25-40-24-10-11-28-44(40)49/h10-17,24-39,41H,1-9,18-23H2. The van der Waals surface area contributed by atoms with Gasteiger partial charge in [-0.3, -0.25) is 0 Å². The second kappa shape index (κ2) is 15.3. The molecule has 3 aliphatic carbocycles. The quantitative estimate of drug-likeness (QED) is 0.159. The third-order valence-electron chi connectivity index (χ3n) is 13.8. The van der Waals surface area contributed by atoms with E-state index >= 15 is 0 Å². The summed E-state index contributed by atoms with van der Waals surface area (Å²) in [4.78, 5) is 2.70. The summed E-state index contributed by atoms with van der Waals surface area (Å²) in [7, 11) is 0. The SMILES string of the molecule is c1cc(C2CCCCC2)cc(N(c2cc(C3CCCCC3)c3ccccc3c2-c2cccc3ccccc23)c2ccc(C3CCCCC3)c3ccccc23)c1. The molecule has 276 valence electrons. The molecule has 7 aromatic carbocycles.